The Bertz CT molecular complexity index is 315. The van der Waals surface area contributed by atoms with E-state index in [0.717, 1.165) is 23.6 Å². The van der Waals surface area contributed by atoms with Gasteiger partial charge < -0.3 is 10.6 Å². The number of nitrogen functional groups attached to an aromatic ring is 1. The average molecular weight is 228 g/mol. The fourth-order valence-corrected chi connectivity index (χ4v) is 2.12. The number of thioether (sulfide) groups is 1. The second kappa shape index (κ2) is 5.98. The van der Waals surface area contributed by atoms with Crippen molar-refractivity contribution in [3.8, 4) is 0 Å². The summed E-state index contributed by atoms with van der Waals surface area (Å²) in [6.07, 6.45) is 1.08. The monoisotopic (exact) mass is 228 g/mol. The molecule has 0 amide bonds. The van der Waals surface area contributed by atoms with E-state index in [1.54, 1.807) is 17.8 Å². The Hall–Kier alpha value is -0.740. The lowest BCUT2D eigenvalue weighted by atomic mass is 10.3. The highest BCUT2D eigenvalue weighted by Gasteiger charge is 2.01. The van der Waals surface area contributed by atoms with Crippen molar-refractivity contribution in [3.63, 3.8) is 0 Å². The highest BCUT2D eigenvalue weighted by atomic mass is 32.2. The summed E-state index contributed by atoms with van der Waals surface area (Å²) >= 11 is 1.61. The molecule has 0 fully saturated rings. The van der Waals surface area contributed by atoms with Crippen molar-refractivity contribution in [1.29, 1.82) is 0 Å². The third kappa shape index (κ3) is 4.53. The molecule has 0 aliphatic rings. The van der Waals surface area contributed by atoms with E-state index in [4.69, 9.17) is 5.73 Å². The number of halogens is 1. The van der Waals surface area contributed by atoms with E-state index in [9.17, 15) is 4.39 Å². The number of benzene rings is 1. The zero-order valence-electron chi connectivity index (χ0n) is 9.16. The second-order valence-corrected chi connectivity index (χ2v) is 4.82. The van der Waals surface area contributed by atoms with Gasteiger partial charge in [-0.3, -0.25) is 0 Å². The van der Waals surface area contributed by atoms with E-state index < -0.39 is 0 Å². The first-order valence-corrected chi connectivity index (χ1v) is 5.90. The standard InChI is InChI=1S/C11H17FN2S/c1-14(2)6-3-7-15-11-8-9(12)4-5-10(11)13/h4-5,8H,3,6-7,13H2,1-2H3. The van der Waals surface area contributed by atoms with Crippen LogP contribution in [0.1, 0.15) is 6.42 Å². The van der Waals surface area contributed by atoms with E-state index in [2.05, 4.69) is 4.90 Å². The summed E-state index contributed by atoms with van der Waals surface area (Å²) in [5, 5.41) is 0. The smallest absolute Gasteiger partial charge is 0.124 e. The Labute approximate surface area is 94.6 Å². The summed E-state index contributed by atoms with van der Waals surface area (Å²) in [6.45, 7) is 1.04. The minimum Gasteiger partial charge on any atom is -0.398 e. The van der Waals surface area contributed by atoms with Crippen LogP contribution in [-0.2, 0) is 0 Å². The topological polar surface area (TPSA) is 29.3 Å². The van der Waals surface area contributed by atoms with Gasteiger partial charge in [0.2, 0.25) is 0 Å². The van der Waals surface area contributed by atoms with Crippen LogP contribution in [0.5, 0.6) is 0 Å². The highest BCUT2D eigenvalue weighted by Crippen LogP contribution is 2.26. The SMILES string of the molecule is CN(C)CCCSc1cc(F)ccc1N. The van der Waals surface area contributed by atoms with Crippen LogP contribution in [0.4, 0.5) is 10.1 Å². The Morgan fingerprint density at radius 2 is 2.13 bits per heavy atom. The van der Waals surface area contributed by atoms with Crippen LogP contribution in [0.15, 0.2) is 23.1 Å². The lowest BCUT2D eigenvalue weighted by molar-refractivity contribution is 0.410. The van der Waals surface area contributed by atoms with Crippen LogP contribution in [-0.4, -0.2) is 31.3 Å². The maximum absolute atomic E-state index is 12.9. The van der Waals surface area contributed by atoms with Crippen LogP contribution < -0.4 is 5.73 Å². The van der Waals surface area contributed by atoms with Crippen LogP contribution in [0.25, 0.3) is 0 Å². The maximum Gasteiger partial charge on any atom is 0.124 e. The number of hydrogen-bond acceptors (Lipinski definition) is 3. The molecule has 1 rings (SSSR count). The molecule has 0 saturated carbocycles. The van der Waals surface area contributed by atoms with Gasteiger partial charge in [-0.25, -0.2) is 4.39 Å². The van der Waals surface area contributed by atoms with Crippen molar-refractivity contribution < 1.29 is 4.39 Å². The highest BCUT2D eigenvalue weighted by molar-refractivity contribution is 7.99. The van der Waals surface area contributed by atoms with E-state index in [-0.39, 0.29) is 5.82 Å². The largest absolute Gasteiger partial charge is 0.398 e. The fraction of sp³-hybridized carbons (Fsp3) is 0.455. The molecule has 0 bridgehead atoms. The number of anilines is 1. The molecular weight excluding hydrogens is 211 g/mol. The van der Waals surface area contributed by atoms with Gasteiger partial charge in [-0.2, -0.15) is 0 Å². The second-order valence-electron chi connectivity index (χ2n) is 3.69. The Balaban J connectivity index is 2.40. The Kier molecular flexibility index (Phi) is 4.91. The number of nitrogens with two attached hydrogens (primary N) is 1. The molecule has 0 unspecified atom stereocenters. The number of rotatable bonds is 5. The minimum atomic E-state index is -0.223. The van der Waals surface area contributed by atoms with E-state index >= 15 is 0 Å². The van der Waals surface area contributed by atoms with Crippen molar-refractivity contribution in [2.45, 2.75) is 11.3 Å². The van der Waals surface area contributed by atoms with Crippen molar-refractivity contribution >= 4 is 17.4 Å². The number of nitrogens with zero attached hydrogens (tertiary/aromatic N) is 1. The molecule has 0 spiro atoms. The summed E-state index contributed by atoms with van der Waals surface area (Å²) in [5.74, 6) is 0.741. The third-order valence-corrected chi connectivity index (χ3v) is 3.14. The summed E-state index contributed by atoms with van der Waals surface area (Å²) in [4.78, 5) is 2.98. The summed E-state index contributed by atoms with van der Waals surface area (Å²) in [7, 11) is 4.09. The molecule has 4 heteroatoms. The molecule has 2 N–H and O–H groups in total. The van der Waals surface area contributed by atoms with Crippen LogP contribution in [0.3, 0.4) is 0 Å². The van der Waals surface area contributed by atoms with Gasteiger partial charge in [-0.05, 0) is 51.0 Å². The van der Waals surface area contributed by atoms with E-state index in [1.165, 1.54) is 12.1 Å². The quantitative estimate of drug-likeness (QED) is 0.477. The first-order valence-electron chi connectivity index (χ1n) is 4.92. The molecule has 1 aromatic rings. The lowest BCUT2D eigenvalue weighted by Crippen LogP contribution is -2.13. The molecule has 2 nitrogen and oxygen atoms in total. The van der Waals surface area contributed by atoms with Gasteiger partial charge in [0.25, 0.3) is 0 Å². The van der Waals surface area contributed by atoms with Crippen molar-refractivity contribution in [2.75, 3.05) is 32.1 Å². The Morgan fingerprint density at radius 1 is 1.40 bits per heavy atom. The third-order valence-electron chi connectivity index (χ3n) is 1.98. The normalized spacial score (nSPS) is 10.9. The lowest BCUT2D eigenvalue weighted by Gasteiger charge is -2.09. The molecule has 0 aliphatic heterocycles. The summed E-state index contributed by atoms with van der Waals surface area (Å²) in [5.41, 5.74) is 6.39. The van der Waals surface area contributed by atoms with Crippen LogP contribution >= 0.6 is 11.8 Å². The molecule has 0 saturated heterocycles. The Morgan fingerprint density at radius 3 is 2.80 bits per heavy atom. The van der Waals surface area contributed by atoms with E-state index in [1.807, 2.05) is 14.1 Å². The molecule has 15 heavy (non-hydrogen) atoms. The molecule has 1 aromatic carbocycles. The van der Waals surface area contributed by atoms with Gasteiger partial charge in [0.05, 0.1) is 0 Å². The summed E-state index contributed by atoms with van der Waals surface area (Å²) in [6, 6.07) is 4.50. The zero-order chi connectivity index (χ0) is 11.3. The van der Waals surface area contributed by atoms with Crippen LogP contribution in [0, 0.1) is 5.82 Å². The molecule has 84 valence electrons. The molecule has 0 aromatic heterocycles. The van der Waals surface area contributed by atoms with Crippen LogP contribution in [0.2, 0.25) is 0 Å². The van der Waals surface area contributed by atoms with Gasteiger partial charge in [0.1, 0.15) is 5.82 Å². The van der Waals surface area contributed by atoms with Gasteiger partial charge >= 0.3 is 0 Å². The molecular formula is C11H17FN2S. The van der Waals surface area contributed by atoms with Crippen molar-refractivity contribution in [2.24, 2.45) is 0 Å². The molecule has 0 radical (unpaired) electrons. The molecule has 0 atom stereocenters. The first kappa shape index (κ1) is 12.3. The average Bonchev–Trinajstić information content (AvgIpc) is 2.17. The maximum atomic E-state index is 12.9. The molecule has 0 heterocycles. The van der Waals surface area contributed by atoms with Crippen molar-refractivity contribution in [1.82, 2.24) is 4.90 Å². The van der Waals surface area contributed by atoms with Gasteiger partial charge in [-0.1, -0.05) is 0 Å². The zero-order valence-corrected chi connectivity index (χ0v) is 9.98. The summed E-state index contributed by atoms with van der Waals surface area (Å²) < 4.78 is 12.9. The van der Waals surface area contributed by atoms with E-state index in [0.29, 0.717) is 5.69 Å². The predicted molar refractivity (Wildman–Crippen MR) is 64.7 cm³/mol. The van der Waals surface area contributed by atoms with Gasteiger partial charge in [0.15, 0.2) is 0 Å². The first-order chi connectivity index (χ1) is 7.09. The van der Waals surface area contributed by atoms with Crippen molar-refractivity contribution in [3.05, 3.63) is 24.0 Å². The minimum absolute atomic E-state index is 0.223. The van der Waals surface area contributed by atoms with Gasteiger partial charge in [0, 0.05) is 10.6 Å². The predicted octanol–water partition coefficient (Wildman–Crippen LogP) is 2.45. The molecule has 0 aliphatic carbocycles. The fourth-order valence-electron chi connectivity index (χ4n) is 1.20. The van der Waals surface area contributed by atoms with Gasteiger partial charge in [-0.15, -0.1) is 11.8 Å². The number of hydrogen-bond donors (Lipinski definition) is 1.